The molecule has 0 N–H and O–H groups in total. The number of benzene rings is 1. The van der Waals surface area contributed by atoms with Crippen LogP contribution in [0, 0.1) is 17.0 Å². The molecular weight excluding hydrogens is 406 g/mol. The van der Waals surface area contributed by atoms with Gasteiger partial charge in [0.2, 0.25) is 11.7 Å². The summed E-state index contributed by atoms with van der Waals surface area (Å²) in [5.74, 6) is 1.10. The van der Waals surface area contributed by atoms with Gasteiger partial charge in [0.15, 0.2) is 11.5 Å². The SMILES string of the molecule is COc1ccc(C(=O)N2CCN(C(=O)CCn3cc([N+](=O)[O-])nc3C)CC2)cc1OC. The van der Waals surface area contributed by atoms with E-state index >= 15 is 0 Å². The predicted octanol–water partition coefficient (Wildman–Crippen LogP) is 1.49. The first-order chi connectivity index (χ1) is 14.8. The third-order valence-corrected chi connectivity index (χ3v) is 5.27. The second-order valence-electron chi connectivity index (χ2n) is 7.09. The molecule has 0 atom stereocenters. The lowest BCUT2D eigenvalue weighted by Crippen LogP contribution is -2.50. The summed E-state index contributed by atoms with van der Waals surface area (Å²) in [6.07, 6.45) is 1.54. The normalized spacial score (nSPS) is 13.8. The summed E-state index contributed by atoms with van der Waals surface area (Å²) < 4.78 is 12.1. The Labute approximate surface area is 179 Å². The van der Waals surface area contributed by atoms with Crippen molar-refractivity contribution in [2.45, 2.75) is 19.9 Å². The standard InChI is InChI=1S/C20H25N5O6/c1-14-21-18(25(28)29)13-24(14)7-6-19(26)22-8-10-23(11-9-22)20(27)15-4-5-16(30-2)17(12-15)31-3/h4-5,12-13H,6-11H2,1-3H3. The van der Waals surface area contributed by atoms with Gasteiger partial charge in [-0.05, 0) is 28.1 Å². The highest BCUT2D eigenvalue weighted by atomic mass is 16.6. The predicted molar refractivity (Wildman–Crippen MR) is 110 cm³/mol. The molecule has 0 saturated carbocycles. The number of carbonyl (C=O) groups is 2. The third kappa shape index (κ3) is 4.93. The largest absolute Gasteiger partial charge is 0.493 e. The molecule has 0 spiro atoms. The van der Waals surface area contributed by atoms with Gasteiger partial charge in [-0.3, -0.25) is 9.59 Å². The van der Waals surface area contributed by atoms with E-state index in [-0.39, 0.29) is 24.1 Å². The first-order valence-electron chi connectivity index (χ1n) is 9.81. The molecule has 1 aliphatic heterocycles. The van der Waals surface area contributed by atoms with Gasteiger partial charge < -0.3 is 34.0 Å². The number of nitrogens with zero attached hydrogens (tertiary/aromatic N) is 5. The number of amides is 2. The van der Waals surface area contributed by atoms with Crippen molar-refractivity contribution >= 4 is 17.6 Å². The Hall–Kier alpha value is -3.63. The monoisotopic (exact) mass is 431 g/mol. The topological polar surface area (TPSA) is 120 Å². The maximum absolute atomic E-state index is 12.8. The fourth-order valence-corrected chi connectivity index (χ4v) is 3.49. The van der Waals surface area contributed by atoms with Crippen LogP contribution in [-0.2, 0) is 11.3 Å². The van der Waals surface area contributed by atoms with Crippen molar-refractivity contribution in [3.8, 4) is 11.5 Å². The first-order valence-corrected chi connectivity index (χ1v) is 9.81. The lowest BCUT2D eigenvalue weighted by atomic mass is 10.1. The zero-order chi connectivity index (χ0) is 22.5. The van der Waals surface area contributed by atoms with Crippen molar-refractivity contribution in [3.05, 3.63) is 45.9 Å². The van der Waals surface area contributed by atoms with Crippen LogP contribution in [0.1, 0.15) is 22.6 Å². The van der Waals surface area contributed by atoms with Gasteiger partial charge in [0.1, 0.15) is 6.20 Å². The first kappa shape index (κ1) is 22.1. The quantitative estimate of drug-likeness (QED) is 0.481. The van der Waals surface area contributed by atoms with Crippen molar-refractivity contribution in [2.75, 3.05) is 40.4 Å². The molecule has 0 aliphatic carbocycles. The molecule has 31 heavy (non-hydrogen) atoms. The van der Waals surface area contributed by atoms with Crippen molar-refractivity contribution in [1.82, 2.24) is 19.4 Å². The molecule has 1 aromatic carbocycles. The van der Waals surface area contributed by atoms with Gasteiger partial charge in [-0.1, -0.05) is 0 Å². The second-order valence-corrected chi connectivity index (χ2v) is 7.09. The Kier molecular flexibility index (Phi) is 6.73. The summed E-state index contributed by atoms with van der Waals surface area (Å²) in [6.45, 7) is 3.69. The van der Waals surface area contributed by atoms with Gasteiger partial charge in [-0.25, -0.2) is 0 Å². The molecule has 0 radical (unpaired) electrons. The molecule has 1 fully saturated rings. The number of aromatic nitrogens is 2. The van der Waals surface area contributed by atoms with E-state index in [4.69, 9.17) is 9.47 Å². The average molecular weight is 431 g/mol. The van der Waals surface area contributed by atoms with Crippen molar-refractivity contribution in [3.63, 3.8) is 0 Å². The third-order valence-electron chi connectivity index (χ3n) is 5.27. The number of methoxy groups -OCH3 is 2. The molecule has 11 heteroatoms. The van der Waals surface area contributed by atoms with Crippen molar-refractivity contribution < 1.29 is 24.0 Å². The number of hydrogen-bond acceptors (Lipinski definition) is 7. The fraction of sp³-hybridized carbons (Fsp3) is 0.450. The number of aryl methyl sites for hydroxylation is 2. The van der Waals surface area contributed by atoms with E-state index in [0.717, 1.165) is 0 Å². The van der Waals surface area contributed by atoms with Gasteiger partial charge in [0, 0.05) is 51.6 Å². The van der Waals surface area contributed by atoms with Gasteiger partial charge in [-0.2, -0.15) is 0 Å². The van der Waals surface area contributed by atoms with E-state index in [2.05, 4.69) is 4.98 Å². The second kappa shape index (κ2) is 9.45. The zero-order valence-electron chi connectivity index (χ0n) is 17.7. The molecule has 1 saturated heterocycles. The van der Waals surface area contributed by atoms with Crippen LogP contribution >= 0.6 is 0 Å². The summed E-state index contributed by atoms with van der Waals surface area (Å²) >= 11 is 0. The number of nitro groups is 1. The molecule has 1 aromatic heterocycles. The molecule has 3 rings (SSSR count). The molecule has 2 heterocycles. The lowest BCUT2D eigenvalue weighted by molar-refractivity contribution is -0.389. The molecule has 166 valence electrons. The lowest BCUT2D eigenvalue weighted by Gasteiger charge is -2.35. The van der Waals surface area contributed by atoms with E-state index in [9.17, 15) is 19.7 Å². The Morgan fingerprint density at radius 2 is 1.74 bits per heavy atom. The number of hydrogen-bond donors (Lipinski definition) is 0. The van der Waals surface area contributed by atoms with Gasteiger partial charge in [0.25, 0.3) is 5.91 Å². The maximum atomic E-state index is 12.8. The summed E-state index contributed by atoms with van der Waals surface area (Å²) in [4.78, 5) is 42.9. The van der Waals surface area contributed by atoms with Crippen LogP contribution in [0.25, 0.3) is 0 Å². The number of rotatable bonds is 7. The van der Waals surface area contributed by atoms with Crippen LogP contribution in [0.2, 0.25) is 0 Å². The Morgan fingerprint density at radius 3 is 2.32 bits per heavy atom. The minimum Gasteiger partial charge on any atom is -0.493 e. The van der Waals surface area contributed by atoms with Crippen LogP contribution in [0.3, 0.4) is 0 Å². The Balaban J connectivity index is 1.53. The van der Waals surface area contributed by atoms with Gasteiger partial charge in [-0.15, -0.1) is 0 Å². The van der Waals surface area contributed by atoms with Crippen LogP contribution < -0.4 is 9.47 Å². The number of ether oxygens (including phenoxy) is 2. The van der Waals surface area contributed by atoms with E-state index in [1.165, 1.54) is 20.4 Å². The number of imidazole rings is 1. The molecular formula is C20H25N5O6. The molecule has 2 aromatic rings. The van der Waals surface area contributed by atoms with E-state index in [1.54, 1.807) is 39.5 Å². The minimum absolute atomic E-state index is 0.0611. The highest BCUT2D eigenvalue weighted by molar-refractivity contribution is 5.95. The molecule has 2 amide bonds. The van der Waals surface area contributed by atoms with E-state index in [0.29, 0.717) is 55.6 Å². The van der Waals surface area contributed by atoms with Crippen molar-refractivity contribution in [2.24, 2.45) is 0 Å². The molecule has 0 bridgehead atoms. The summed E-state index contributed by atoms with van der Waals surface area (Å²) in [6, 6.07) is 5.02. The highest BCUT2D eigenvalue weighted by Crippen LogP contribution is 2.28. The maximum Gasteiger partial charge on any atom is 0.381 e. The van der Waals surface area contributed by atoms with E-state index in [1.807, 2.05) is 0 Å². The number of carbonyl (C=O) groups excluding carboxylic acids is 2. The summed E-state index contributed by atoms with van der Waals surface area (Å²) in [5, 5.41) is 10.8. The zero-order valence-corrected chi connectivity index (χ0v) is 17.7. The van der Waals surface area contributed by atoms with E-state index < -0.39 is 4.92 Å². The van der Waals surface area contributed by atoms with Crippen molar-refractivity contribution in [1.29, 1.82) is 0 Å². The average Bonchev–Trinajstić information content (AvgIpc) is 3.17. The molecule has 0 unspecified atom stereocenters. The minimum atomic E-state index is -0.556. The number of piperazine rings is 1. The van der Waals surface area contributed by atoms with Crippen LogP contribution in [0.5, 0.6) is 11.5 Å². The van der Waals surface area contributed by atoms with Crippen LogP contribution in [0.15, 0.2) is 24.4 Å². The summed E-state index contributed by atoms with van der Waals surface area (Å²) in [5.41, 5.74) is 0.495. The Bertz CT molecular complexity index is 980. The summed E-state index contributed by atoms with van der Waals surface area (Å²) in [7, 11) is 3.05. The van der Waals surface area contributed by atoms with Gasteiger partial charge >= 0.3 is 5.82 Å². The highest BCUT2D eigenvalue weighted by Gasteiger charge is 2.26. The van der Waals surface area contributed by atoms with Gasteiger partial charge in [0.05, 0.1) is 14.2 Å². The Morgan fingerprint density at radius 1 is 1.10 bits per heavy atom. The van der Waals surface area contributed by atoms with Crippen LogP contribution in [0.4, 0.5) is 5.82 Å². The molecule has 1 aliphatic rings. The fourth-order valence-electron chi connectivity index (χ4n) is 3.49. The van der Waals surface area contributed by atoms with Crippen LogP contribution in [-0.4, -0.2) is 76.5 Å². The smallest absolute Gasteiger partial charge is 0.381 e. The molecule has 11 nitrogen and oxygen atoms in total.